The van der Waals surface area contributed by atoms with Gasteiger partial charge in [0.25, 0.3) is 0 Å². The maximum absolute atomic E-state index is 12.5. The first-order valence-electron chi connectivity index (χ1n) is 6.98. The molecule has 0 bridgehead atoms. The molecule has 4 heteroatoms. The van der Waals surface area contributed by atoms with E-state index in [1.54, 1.807) is 9.80 Å². The SMILES string of the molecule is CCC(C)(C)CN1C(=O)C2CCCN2C(=O)C1C. The molecule has 2 heterocycles. The monoisotopic (exact) mass is 252 g/mol. The predicted octanol–water partition coefficient (Wildman–Crippen LogP) is 1.64. The summed E-state index contributed by atoms with van der Waals surface area (Å²) in [5.74, 6) is 0.283. The third-order valence-electron chi connectivity index (χ3n) is 4.48. The van der Waals surface area contributed by atoms with Gasteiger partial charge in [-0.3, -0.25) is 9.59 Å². The Bertz CT molecular complexity index is 365. The van der Waals surface area contributed by atoms with Crippen LogP contribution in [0.4, 0.5) is 0 Å². The Labute approximate surface area is 109 Å². The summed E-state index contributed by atoms with van der Waals surface area (Å²) in [6.45, 7) is 9.73. The van der Waals surface area contributed by atoms with Gasteiger partial charge in [-0.05, 0) is 31.6 Å². The van der Waals surface area contributed by atoms with Gasteiger partial charge < -0.3 is 9.80 Å². The number of piperazine rings is 1. The molecule has 0 saturated carbocycles. The number of carbonyl (C=O) groups excluding carboxylic acids is 2. The van der Waals surface area contributed by atoms with Crippen molar-refractivity contribution in [2.45, 2.75) is 59.0 Å². The largest absolute Gasteiger partial charge is 0.329 e. The van der Waals surface area contributed by atoms with Crippen LogP contribution in [0, 0.1) is 5.41 Å². The van der Waals surface area contributed by atoms with Crippen molar-refractivity contribution >= 4 is 11.8 Å². The van der Waals surface area contributed by atoms with Crippen molar-refractivity contribution in [3.05, 3.63) is 0 Å². The minimum absolute atomic E-state index is 0.0744. The molecule has 18 heavy (non-hydrogen) atoms. The van der Waals surface area contributed by atoms with Gasteiger partial charge in [-0.25, -0.2) is 0 Å². The molecule has 0 aromatic rings. The topological polar surface area (TPSA) is 40.6 Å². The molecule has 0 N–H and O–H groups in total. The average molecular weight is 252 g/mol. The Hall–Kier alpha value is -1.06. The summed E-state index contributed by atoms with van der Waals surface area (Å²) >= 11 is 0. The van der Waals surface area contributed by atoms with E-state index in [9.17, 15) is 9.59 Å². The van der Waals surface area contributed by atoms with E-state index in [-0.39, 0.29) is 29.3 Å². The highest BCUT2D eigenvalue weighted by molar-refractivity contribution is 5.97. The third-order valence-corrected chi connectivity index (χ3v) is 4.48. The van der Waals surface area contributed by atoms with Gasteiger partial charge in [0.2, 0.25) is 11.8 Å². The fourth-order valence-electron chi connectivity index (χ4n) is 2.83. The molecular weight excluding hydrogens is 228 g/mol. The molecule has 2 aliphatic heterocycles. The zero-order chi connectivity index (χ0) is 13.5. The van der Waals surface area contributed by atoms with Crippen molar-refractivity contribution in [2.24, 2.45) is 5.41 Å². The second kappa shape index (κ2) is 4.56. The summed E-state index contributed by atoms with van der Waals surface area (Å²) in [6.07, 6.45) is 2.80. The molecule has 0 radical (unpaired) electrons. The van der Waals surface area contributed by atoms with Crippen molar-refractivity contribution < 1.29 is 9.59 Å². The van der Waals surface area contributed by atoms with Gasteiger partial charge in [-0.15, -0.1) is 0 Å². The molecule has 4 nitrogen and oxygen atoms in total. The molecular formula is C14H24N2O2. The lowest BCUT2D eigenvalue weighted by Gasteiger charge is -2.43. The first-order valence-corrected chi connectivity index (χ1v) is 6.98. The van der Waals surface area contributed by atoms with Crippen molar-refractivity contribution in [3.63, 3.8) is 0 Å². The highest BCUT2D eigenvalue weighted by Gasteiger charge is 2.46. The Morgan fingerprint density at radius 2 is 1.94 bits per heavy atom. The number of rotatable bonds is 3. The molecule has 0 aliphatic carbocycles. The van der Waals surface area contributed by atoms with Gasteiger partial charge in [0.05, 0.1) is 0 Å². The Morgan fingerprint density at radius 3 is 2.56 bits per heavy atom. The van der Waals surface area contributed by atoms with E-state index in [1.807, 2.05) is 6.92 Å². The molecule has 2 amide bonds. The van der Waals surface area contributed by atoms with Crippen LogP contribution in [0.3, 0.4) is 0 Å². The van der Waals surface area contributed by atoms with E-state index >= 15 is 0 Å². The summed E-state index contributed by atoms with van der Waals surface area (Å²) in [7, 11) is 0. The van der Waals surface area contributed by atoms with Crippen LogP contribution in [0.2, 0.25) is 0 Å². The summed E-state index contributed by atoms with van der Waals surface area (Å²) in [6, 6.07) is -0.473. The zero-order valence-electron chi connectivity index (χ0n) is 11.9. The van der Waals surface area contributed by atoms with Crippen LogP contribution in [-0.2, 0) is 9.59 Å². The lowest BCUT2D eigenvalue weighted by molar-refractivity contribution is -0.160. The molecule has 102 valence electrons. The maximum Gasteiger partial charge on any atom is 0.246 e. The van der Waals surface area contributed by atoms with Gasteiger partial charge in [-0.1, -0.05) is 20.8 Å². The first-order chi connectivity index (χ1) is 8.37. The smallest absolute Gasteiger partial charge is 0.246 e. The number of hydrogen-bond acceptors (Lipinski definition) is 2. The number of hydrogen-bond donors (Lipinski definition) is 0. The van der Waals surface area contributed by atoms with Crippen LogP contribution in [0.1, 0.15) is 47.0 Å². The second-order valence-corrected chi connectivity index (χ2v) is 6.35. The van der Waals surface area contributed by atoms with Crippen molar-refractivity contribution in [1.82, 2.24) is 9.80 Å². The molecule has 2 saturated heterocycles. The van der Waals surface area contributed by atoms with E-state index in [0.29, 0.717) is 6.54 Å². The molecule has 2 rings (SSSR count). The zero-order valence-corrected chi connectivity index (χ0v) is 11.9. The van der Waals surface area contributed by atoms with E-state index < -0.39 is 0 Å². The van der Waals surface area contributed by atoms with Gasteiger partial charge in [0.15, 0.2) is 0 Å². The summed E-state index contributed by atoms with van der Waals surface area (Å²) in [5.41, 5.74) is 0.0744. The lowest BCUT2D eigenvalue weighted by Crippen LogP contribution is -2.63. The number of amides is 2. The molecule has 0 aromatic carbocycles. The van der Waals surface area contributed by atoms with Crippen molar-refractivity contribution in [3.8, 4) is 0 Å². The quantitative estimate of drug-likeness (QED) is 0.766. The fraction of sp³-hybridized carbons (Fsp3) is 0.857. The Balaban J connectivity index is 2.19. The first kappa shape index (κ1) is 13.4. The van der Waals surface area contributed by atoms with Crippen molar-refractivity contribution in [1.29, 1.82) is 0 Å². The van der Waals surface area contributed by atoms with Crippen LogP contribution in [-0.4, -0.2) is 46.8 Å². The second-order valence-electron chi connectivity index (χ2n) is 6.35. The van der Waals surface area contributed by atoms with E-state index in [0.717, 1.165) is 25.8 Å². The standard InChI is InChI=1S/C14H24N2O2/c1-5-14(3,4)9-16-10(2)12(17)15-8-6-7-11(15)13(16)18/h10-11H,5-9H2,1-4H3. The van der Waals surface area contributed by atoms with Crippen LogP contribution in [0.5, 0.6) is 0 Å². The van der Waals surface area contributed by atoms with E-state index in [2.05, 4.69) is 20.8 Å². The van der Waals surface area contributed by atoms with Crippen LogP contribution < -0.4 is 0 Å². The normalized spacial score (nSPS) is 28.9. The number of nitrogens with zero attached hydrogens (tertiary/aromatic N) is 2. The molecule has 2 fully saturated rings. The minimum Gasteiger partial charge on any atom is -0.329 e. The molecule has 0 spiro atoms. The van der Waals surface area contributed by atoms with Gasteiger partial charge in [0, 0.05) is 13.1 Å². The van der Waals surface area contributed by atoms with Crippen LogP contribution >= 0.6 is 0 Å². The molecule has 0 aromatic heterocycles. The summed E-state index contributed by atoms with van der Waals surface area (Å²) in [5, 5.41) is 0. The number of fused-ring (bicyclic) bond motifs is 1. The Morgan fingerprint density at radius 1 is 1.28 bits per heavy atom. The highest BCUT2D eigenvalue weighted by atomic mass is 16.2. The van der Waals surface area contributed by atoms with Crippen molar-refractivity contribution in [2.75, 3.05) is 13.1 Å². The molecule has 2 atom stereocenters. The van der Waals surface area contributed by atoms with Crippen LogP contribution in [0.15, 0.2) is 0 Å². The summed E-state index contributed by atoms with van der Waals surface area (Å²) in [4.78, 5) is 28.3. The Kier molecular flexibility index (Phi) is 3.39. The third kappa shape index (κ3) is 2.13. The molecule has 2 unspecified atom stereocenters. The predicted molar refractivity (Wildman–Crippen MR) is 70.0 cm³/mol. The summed E-state index contributed by atoms with van der Waals surface area (Å²) < 4.78 is 0. The van der Waals surface area contributed by atoms with Gasteiger partial charge in [0.1, 0.15) is 12.1 Å². The molecule has 2 aliphatic rings. The van der Waals surface area contributed by atoms with Gasteiger partial charge in [-0.2, -0.15) is 0 Å². The highest BCUT2D eigenvalue weighted by Crippen LogP contribution is 2.30. The lowest BCUT2D eigenvalue weighted by atomic mass is 9.88. The van der Waals surface area contributed by atoms with Crippen LogP contribution in [0.25, 0.3) is 0 Å². The minimum atomic E-state index is -0.294. The maximum atomic E-state index is 12.5. The number of carbonyl (C=O) groups is 2. The van der Waals surface area contributed by atoms with Gasteiger partial charge >= 0.3 is 0 Å². The van der Waals surface area contributed by atoms with E-state index in [4.69, 9.17) is 0 Å². The van der Waals surface area contributed by atoms with E-state index in [1.165, 1.54) is 0 Å². The average Bonchev–Trinajstić information content (AvgIpc) is 2.81. The fourth-order valence-corrected chi connectivity index (χ4v) is 2.83.